The number of nitrogens with zero attached hydrogens (tertiary/aromatic N) is 1. The molecule has 3 atom stereocenters. The van der Waals surface area contributed by atoms with Crippen LogP contribution in [0.15, 0.2) is 24.3 Å². The van der Waals surface area contributed by atoms with Crippen LogP contribution < -0.4 is 5.32 Å². The lowest BCUT2D eigenvalue weighted by Gasteiger charge is -2.43. The van der Waals surface area contributed by atoms with Crippen LogP contribution in [0.2, 0.25) is 0 Å². The van der Waals surface area contributed by atoms with Crippen LogP contribution in [0.4, 0.5) is 0 Å². The fourth-order valence-corrected chi connectivity index (χ4v) is 6.21. The third-order valence-electron chi connectivity index (χ3n) is 7.82. The molecule has 1 amide bonds. The summed E-state index contributed by atoms with van der Waals surface area (Å²) in [5, 5.41) is 4.68. The zero-order chi connectivity index (χ0) is 20.1. The molecule has 4 rings (SSSR count). The van der Waals surface area contributed by atoms with Crippen LogP contribution in [0, 0.1) is 23.7 Å². The van der Waals surface area contributed by atoms with Gasteiger partial charge in [-0.3, -0.25) is 4.79 Å². The zero-order valence-corrected chi connectivity index (χ0v) is 18.3. The highest BCUT2D eigenvalue weighted by Crippen LogP contribution is 2.62. The number of fused-ring (bicyclic) bond motifs is 3. The second-order valence-electron chi connectivity index (χ2n) is 10.3. The molecule has 2 fully saturated rings. The number of carbonyl (C=O) groups is 1. The van der Waals surface area contributed by atoms with Gasteiger partial charge in [-0.1, -0.05) is 52.2 Å². The van der Waals surface area contributed by atoms with Gasteiger partial charge in [0.2, 0.25) is 0 Å². The lowest BCUT2D eigenvalue weighted by atomic mass is 9.68. The highest BCUT2D eigenvalue weighted by atomic mass is 16.2. The fourth-order valence-electron chi connectivity index (χ4n) is 6.21. The molecule has 1 aromatic carbocycles. The maximum absolute atomic E-state index is 13.5. The molecular formula is C25H36N2O. The number of benzene rings is 1. The molecule has 0 spiro atoms. The Hall–Kier alpha value is -1.77. The van der Waals surface area contributed by atoms with Gasteiger partial charge < -0.3 is 9.88 Å². The molecule has 0 saturated heterocycles. The smallest absolute Gasteiger partial charge is 0.268 e. The average Bonchev–Trinajstić information content (AvgIpc) is 3.25. The molecule has 2 aliphatic carbocycles. The summed E-state index contributed by atoms with van der Waals surface area (Å²) in [4.78, 5) is 13.5. The molecule has 1 heterocycles. The molecule has 2 bridgehead atoms. The van der Waals surface area contributed by atoms with E-state index in [9.17, 15) is 4.79 Å². The van der Waals surface area contributed by atoms with Crippen molar-refractivity contribution in [2.45, 2.75) is 85.7 Å². The van der Waals surface area contributed by atoms with E-state index in [1.54, 1.807) is 0 Å². The van der Waals surface area contributed by atoms with E-state index in [4.69, 9.17) is 0 Å². The number of hydrogen-bond acceptors (Lipinski definition) is 1. The summed E-state index contributed by atoms with van der Waals surface area (Å²) < 4.78 is 2.25. The molecule has 2 saturated carbocycles. The minimum atomic E-state index is 0.109. The summed E-state index contributed by atoms with van der Waals surface area (Å²) in [6.45, 7) is 12.3. The van der Waals surface area contributed by atoms with Crippen molar-refractivity contribution in [2.24, 2.45) is 16.7 Å². The first kappa shape index (κ1) is 19.5. The van der Waals surface area contributed by atoms with Gasteiger partial charge in [-0.2, -0.15) is 0 Å². The maximum atomic E-state index is 13.5. The molecular weight excluding hydrogens is 344 g/mol. The number of amides is 1. The van der Waals surface area contributed by atoms with Crippen molar-refractivity contribution in [1.29, 1.82) is 0 Å². The van der Waals surface area contributed by atoms with Crippen LogP contribution >= 0.6 is 0 Å². The van der Waals surface area contributed by atoms with Crippen molar-refractivity contribution >= 4 is 16.8 Å². The lowest BCUT2D eigenvalue weighted by Crippen LogP contribution is -2.52. The van der Waals surface area contributed by atoms with Gasteiger partial charge in [0.15, 0.2) is 0 Å². The Morgan fingerprint density at radius 3 is 2.68 bits per heavy atom. The van der Waals surface area contributed by atoms with E-state index in [-0.39, 0.29) is 22.8 Å². The van der Waals surface area contributed by atoms with Gasteiger partial charge in [0, 0.05) is 23.5 Å². The molecule has 1 N–H and O–H groups in total. The van der Waals surface area contributed by atoms with E-state index in [2.05, 4.69) is 68.8 Å². The van der Waals surface area contributed by atoms with E-state index >= 15 is 0 Å². The molecule has 3 nitrogen and oxygen atoms in total. The average molecular weight is 381 g/mol. The third kappa shape index (κ3) is 3.07. The number of aromatic nitrogens is 1. The second kappa shape index (κ2) is 6.93. The largest absolute Gasteiger partial charge is 0.347 e. The number of hydrogen-bond donors (Lipinski definition) is 1. The number of unbranched alkanes of at least 4 members (excludes halogenated alkanes) is 2. The Morgan fingerprint density at radius 2 is 2.00 bits per heavy atom. The molecule has 152 valence electrons. The van der Waals surface area contributed by atoms with Crippen LogP contribution in [0.25, 0.3) is 10.9 Å². The van der Waals surface area contributed by atoms with Gasteiger partial charge >= 0.3 is 0 Å². The van der Waals surface area contributed by atoms with Gasteiger partial charge in [-0.05, 0) is 67.6 Å². The van der Waals surface area contributed by atoms with Crippen molar-refractivity contribution in [2.75, 3.05) is 0 Å². The monoisotopic (exact) mass is 380 g/mol. The minimum Gasteiger partial charge on any atom is -0.347 e. The third-order valence-corrected chi connectivity index (χ3v) is 7.82. The van der Waals surface area contributed by atoms with Crippen LogP contribution in [-0.4, -0.2) is 16.5 Å². The quantitative estimate of drug-likeness (QED) is 0.605. The van der Waals surface area contributed by atoms with E-state index in [0.29, 0.717) is 0 Å². The van der Waals surface area contributed by atoms with Crippen LogP contribution in [-0.2, 0) is 6.54 Å². The summed E-state index contributed by atoms with van der Waals surface area (Å²) in [5.74, 6) is 0.845. The minimum absolute atomic E-state index is 0.109. The first-order valence-electron chi connectivity index (χ1n) is 11.2. The molecule has 3 heteroatoms. The van der Waals surface area contributed by atoms with Gasteiger partial charge in [0.25, 0.3) is 5.91 Å². The summed E-state index contributed by atoms with van der Waals surface area (Å²) in [6.07, 6.45) is 7.31. The summed E-state index contributed by atoms with van der Waals surface area (Å²) in [5.41, 5.74) is 3.69. The lowest BCUT2D eigenvalue weighted by molar-refractivity contribution is 0.0729. The molecule has 28 heavy (non-hydrogen) atoms. The first-order chi connectivity index (χ1) is 13.3. The highest BCUT2D eigenvalue weighted by molar-refractivity contribution is 5.99. The van der Waals surface area contributed by atoms with Crippen molar-refractivity contribution in [1.82, 2.24) is 9.88 Å². The number of nitrogens with one attached hydrogen (secondary N) is 1. The van der Waals surface area contributed by atoms with Crippen LogP contribution in [0.3, 0.4) is 0 Å². The van der Waals surface area contributed by atoms with E-state index in [1.807, 2.05) is 0 Å². The number of rotatable bonds is 6. The van der Waals surface area contributed by atoms with Gasteiger partial charge in [0.05, 0.1) is 0 Å². The van der Waals surface area contributed by atoms with Crippen molar-refractivity contribution in [3.05, 3.63) is 35.5 Å². The van der Waals surface area contributed by atoms with E-state index in [1.165, 1.54) is 48.6 Å². The van der Waals surface area contributed by atoms with Gasteiger partial charge in [-0.15, -0.1) is 0 Å². The Morgan fingerprint density at radius 1 is 1.21 bits per heavy atom. The number of aryl methyl sites for hydroxylation is 2. The Balaban J connectivity index is 1.66. The van der Waals surface area contributed by atoms with E-state index in [0.717, 1.165) is 24.6 Å². The Bertz CT molecular complexity index is 889. The van der Waals surface area contributed by atoms with Crippen molar-refractivity contribution in [3.8, 4) is 0 Å². The predicted octanol–water partition coefficient (Wildman–Crippen LogP) is 6.08. The second-order valence-corrected chi connectivity index (χ2v) is 10.3. The molecule has 0 radical (unpaired) electrons. The summed E-state index contributed by atoms with van der Waals surface area (Å²) >= 11 is 0. The molecule has 0 aliphatic heterocycles. The Kier molecular flexibility index (Phi) is 4.84. The fraction of sp³-hybridized carbons (Fsp3) is 0.640. The maximum Gasteiger partial charge on any atom is 0.268 e. The predicted molar refractivity (Wildman–Crippen MR) is 117 cm³/mol. The Labute approximate surface area is 169 Å². The summed E-state index contributed by atoms with van der Waals surface area (Å²) in [7, 11) is 0. The van der Waals surface area contributed by atoms with Gasteiger partial charge in [-0.25, -0.2) is 0 Å². The van der Waals surface area contributed by atoms with Gasteiger partial charge in [0.1, 0.15) is 5.69 Å². The topological polar surface area (TPSA) is 34.0 Å². The molecule has 2 unspecified atom stereocenters. The SMILES string of the molecule is CCCCCn1c(C(=O)NC2C(C)(C)C3CC[C@]2(C)C3)cc2cc(C)ccc21. The van der Waals surface area contributed by atoms with Crippen molar-refractivity contribution in [3.63, 3.8) is 0 Å². The van der Waals surface area contributed by atoms with E-state index < -0.39 is 0 Å². The highest BCUT2D eigenvalue weighted by Gasteiger charge is 2.59. The standard InChI is InChI=1S/C25H36N2O/c1-6-7-8-13-27-20-10-9-17(2)14-18(20)15-21(27)22(28)26-23-24(3,4)19-11-12-25(23,5)16-19/h9-10,14-15,19,23H,6-8,11-13,16H2,1-5H3,(H,26,28)/t19?,23?,25-/m1/s1. The first-order valence-corrected chi connectivity index (χ1v) is 11.2. The molecule has 2 aromatic rings. The van der Waals surface area contributed by atoms with Crippen molar-refractivity contribution < 1.29 is 4.79 Å². The molecule has 1 aromatic heterocycles. The van der Waals surface area contributed by atoms with Crippen LogP contribution in [0.5, 0.6) is 0 Å². The summed E-state index contributed by atoms with van der Waals surface area (Å²) in [6, 6.07) is 8.89. The number of carbonyl (C=O) groups excluding carboxylic acids is 1. The molecule has 2 aliphatic rings. The zero-order valence-electron chi connectivity index (χ0n) is 18.3. The normalized spacial score (nSPS) is 28.2. The van der Waals surface area contributed by atoms with Crippen LogP contribution in [0.1, 0.15) is 82.3 Å².